The first-order chi connectivity index (χ1) is 16.8. The lowest BCUT2D eigenvalue weighted by molar-refractivity contribution is -0.147. The van der Waals surface area contributed by atoms with Gasteiger partial charge in [-0.3, -0.25) is 14.4 Å². The number of rotatable bonds is 7. The summed E-state index contributed by atoms with van der Waals surface area (Å²) in [5, 5.41) is 0. The van der Waals surface area contributed by atoms with Gasteiger partial charge >= 0.3 is 11.9 Å². The van der Waals surface area contributed by atoms with Crippen molar-refractivity contribution in [2.24, 2.45) is 5.92 Å². The number of carbonyl (C=O) groups excluding carboxylic acids is 4. The lowest BCUT2D eigenvalue weighted by Crippen LogP contribution is -2.27. The Labute approximate surface area is 203 Å². The van der Waals surface area contributed by atoms with Crippen molar-refractivity contribution in [1.82, 2.24) is 0 Å². The summed E-state index contributed by atoms with van der Waals surface area (Å²) in [6.07, 6.45) is 0.0436. The molecule has 0 N–H and O–H groups in total. The van der Waals surface area contributed by atoms with Crippen LogP contribution in [0.5, 0.6) is 5.75 Å². The summed E-state index contributed by atoms with van der Waals surface area (Å²) in [5.74, 6) is -1.95. The number of ether oxygens (including phenoxy) is 2. The Hall–Kier alpha value is -4.26. The van der Waals surface area contributed by atoms with Crippen LogP contribution in [0.1, 0.15) is 38.3 Å². The molecule has 0 saturated carbocycles. The average Bonchev–Trinajstić information content (AvgIpc) is 3.25. The van der Waals surface area contributed by atoms with E-state index in [-0.39, 0.29) is 18.9 Å². The van der Waals surface area contributed by atoms with Crippen LogP contribution >= 0.6 is 0 Å². The molecule has 0 unspecified atom stereocenters. The molecule has 178 valence electrons. The van der Waals surface area contributed by atoms with Gasteiger partial charge in [-0.15, -0.1) is 0 Å². The van der Waals surface area contributed by atoms with Crippen LogP contribution in [0.15, 0.2) is 72.8 Å². The molecule has 3 aromatic carbocycles. The molecule has 35 heavy (non-hydrogen) atoms. The third-order valence-electron chi connectivity index (χ3n) is 5.82. The molecule has 1 atom stereocenters. The Morgan fingerprint density at radius 3 is 2.03 bits per heavy atom. The summed E-state index contributed by atoms with van der Waals surface area (Å²) in [7, 11) is 0. The minimum atomic E-state index is -0.625. The van der Waals surface area contributed by atoms with Crippen LogP contribution in [0.3, 0.4) is 0 Å². The number of hydrogen-bond acceptors (Lipinski definition) is 6. The van der Waals surface area contributed by atoms with Gasteiger partial charge in [-0.05, 0) is 62.4 Å². The van der Waals surface area contributed by atoms with E-state index in [4.69, 9.17) is 9.47 Å². The number of Topliss-reactive ketones (excluding diaryl/α,β-unsaturated/α-hetero) is 1. The zero-order valence-corrected chi connectivity index (χ0v) is 19.5. The molecule has 4 rings (SSSR count). The van der Waals surface area contributed by atoms with Crippen molar-refractivity contribution < 1.29 is 28.7 Å². The van der Waals surface area contributed by atoms with Crippen LogP contribution < -0.4 is 9.64 Å². The number of aryl methyl sites for hydroxylation is 2. The molecule has 0 aliphatic carbocycles. The van der Waals surface area contributed by atoms with E-state index in [1.54, 1.807) is 17.0 Å². The number of hydrogen-bond donors (Lipinski definition) is 0. The maximum absolute atomic E-state index is 12.5. The molecule has 1 heterocycles. The molecular weight excluding hydrogens is 446 g/mol. The molecule has 7 heteroatoms. The van der Waals surface area contributed by atoms with E-state index < -0.39 is 30.2 Å². The minimum absolute atomic E-state index is 0.0436. The highest BCUT2D eigenvalue weighted by molar-refractivity contribution is 6.01. The van der Waals surface area contributed by atoms with Crippen molar-refractivity contribution >= 4 is 29.3 Å². The highest BCUT2D eigenvalue weighted by Gasteiger charge is 2.36. The Bertz CT molecular complexity index is 1250. The Balaban J connectivity index is 1.28. The molecule has 3 aromatic rings. The maximum Gasteiger partial charge on any atom is 0.343 e. The average molecular weight is 472 g/mol. The molecular formula is C28H25NO6. The molecule has 1 amide bonds. The van der Waals surface area contributed by atoms with E-state index in [9.17, 15) is 19.2 Å². The van der Waals surface area contributed by atoms with Crippen molar-refractivity contribution in [2.75, 3.05) is 18.1 Å². The van der Waals surface area contributed by atoms with Crippen LogP contribution in [0, 0.1) is 19.8 Å². The second-order valence-corrected chi connectivity index (χ2v) is 8.55. The predicted molar refractivity (Wildman–Crippen MR) is 130 cm³/mol. The van der Waals surface area contributed by atoms with Gasteiger partial charge < -0.3 is 14.4 Å². The Kier molecular flexibility index (Phi) is 7.06. The summed E-state index contributed by atoms with van der Waals surface area (Å²) in [6.45, 7) is 3.67. The smallest absolute Gasteiger partial charge is 0.343 e. The summed E-state index contributed by atoms with van der Waals surface area (Å²) in [5.41, 5.74) is 3.58. The van der Waals surface area contributed by atoms with Gasteiger partial charge in [0.25, 0.3) is 0 Å². The summed E-state index contributed by atoms with van der Waals surface area (Å²) in [6, 6.07) is 20.5. The van der Waals surface area contributed by atoms with Crippen molar-refractivity contribution in [3.63, 3.8) is 0 Å². The van der Waals surface area contributed by atoms with Gasteiger partial charge in [-0.2, -0.15) is 0 Å². The molecule has 1 aliphatic rings. The summed E-state index contributed by atoms with van der Waals surface area (Å²) >= 11 is 0. The number of carbonyl (C=O) groups is 4. The van der Waals surface area contributed by atoms with Gasteiger partial charge in [0.15, 0.2) is 12.4 Å². The first-order valence-electron chi connectivity index (χ1n) is 11.3. The van der Waals surface area contributed by atoms with E-state index in [1.165, 1.54) is 24.3 Å². The Morgan fingerprint density at radius 2 is 1.40 bits per heavy atom. The second-order valence-electron chi connectivity index (χ2n) is 8.55. The van der Waals surface area contributed by atoms with E-state index >= 15 is 0 Å². The highest BCUT2D eigenvalue weighted by Crippen LogP contribution is 2.26. The number of amides is 1. The third-order valence-corrected chi connectivity index (χ3v) is 5.82. The topological polar surface area (TPSA) is 90.0 Å². The van der Waals surface area contributed by atoms with Gasteiger partial charge in [0.05, 0.1) is 11.5 Å². The largest absolute Gasteiger partial charge is 0.457 e. The summed E-state index contributed by atoms with van der Waals surface area (Å²) in [4.78, 5) is 51.1. The van der Waals surface area contributed by atoms with Crippen LogP contribution in [0.2, 0.25) is 0 Å². The predicted octanol–water partition coefficient (Wildman–Crippen LogP) is 4.30. The fourth-order valence-corrected chi connectivity index (χ4v) is 3.74. The standard InChI is InChI=1S/C28H25NO6/c1-18-3-7-21(8-4-18)28(33)35-24-13-9-20(10-14-24)25(30)17-34-27(32)22-15-26(31)29(16-22)23-11-5-19(2)6-12-23/h3-14,22H,15-17H2,1-2H3/t22-/m0/s1. The highest BCUT2D eigenvalue weighted by atomic mass is 16.5. The number of anilines is 1. The quantitative estimate of drug-likeness (QED) is 0.290. The molecule has 0 bridgehead atoms. The molecule has 7 nitrogen and oxygen atoms in total. The molecule has 1 fully saturated rings. The minimum Gasteiger partial charge on any atom is -0.457 e. The first-order valence-corrected chi connectivity index (χ1v) is 11.3. The molecule has 0 spiro atoms. The van der Waals surface area contributed by atoms with Crippen LogP contribution in [0.4, 0.5) is 5.69 Å². The second kappa shape index (κ2) is 10.3. The first kappa shape index (κ1) is 23.9. The monoisotopic (exact) mass is 471 g/mol. The van der Waals surface area contributed by atoms with Gasteiger partial charge in [-0.1, -0.05) is 35.4 Å². The van der Waals surface area contributed by atoms with Gasteiger partial charge in [0.1, 0.15) is 5.75 Å². The molecule has 0 radical (unpaired) electrons. The zero-order valence-electron chi connectivity index (χ0n) is 19.5. The lowest BCUT2D eigenvalue weighted by atomic mass is 10.1. The zero-order chi connectivity index (χ0) is 24.9. The number of ketones is 1. The SMILES string of the molecule is Cc1ccc(C(=O)Oc2ccc(C(=O)COC(=O)[C@H]3CC(=O)N(c4ccc(C)cc4)C3)cc2)cc1. The fourth-order valence-electron chi connectivity index (χ4n) is 3.74. The molecule has 1 aliphatic heterocycles. The summed E-state index contributed by atoms with van der Waals surface area (Å²) < 4.78 is 10.5. The fraction of sp³-hybridized carbons (Fsp3) is 0.214. The van der Waals surface area contributed by atoms with Crippen molar-refractivity contribution in [2.45, 2.75) is 20.3 Å². The number of esters is 2. The maximum atomic E-state index is 12.5. The normalized spacial score (nSPS) is 15.1. The van der Waals surface area contributed by atoms with E-state index in [0.717, 1.165) is 16.8 Å². The van der Waals surface area contributed by atoms with Crippen LogP contribution in [-0.4, -0.2) is 36.8 Å². The van der Waals surface area contributed by atoms with Crippen molar-refractivity contribution in [3.05, 3.63) is 95.1 Å². The third kappa shape index (κ3) is 5.81. The number of nitrogens with zero attached hydrogens (tertiary/aromatic N) is 1. The lowest BCUT2D eigenvalue weighted by Gasteiger charge is -2.16. The van der Waals surface area contributed by atoms with Gasteiger partial charge in [0, 0.05) is 24.2 Å². The van der Waals surface area contributed by atoms with Crippen molar-refractivity contribution in [3.8, 4) is 5.75 Å². The van der Waals surface area contributed by atoms with E-state index in [1.807, 2.05) is 50.2 Å². The van der Waals surface area contributed by atoms with Crippen LogP contribution in [0.25, 0.3) is 0 Å². The van der Waals surface area contributed by atoms with Gasteiger partial charge in [0.2, 0.25) is 5.91 Å². The number of benzene rings is 3. The van der Waals surface area contributed by atoms with E-state index in [0.29, 0.717) is 16.9 Å². The molecule has 0 aromatic heterocycles. The van der Waals surface area contributed by atoms with E-state index in [2.05, 4.69) is 0 Å². The van der Waals surface area contributed by atoms with Crippen LogP contribution in [-0.2, 0) is 14.3 Å². The van der Waals surface area contributed by atoms with Crippen molar-refractivity contribution in [1.29, 1.82) is 0 Å². The molecule has 1 saturated heterocycles. The van der Waals surface area contributed by atoms with Gasteiger partial charge in [-0.25, -0.2) is 4.79 Å². The Morgan fingerprint density at radius 1 is 0.829 bits per heavy atom.